The second kappa shape index (κ2) is 6.39. The number of rotatable bonds is 5. The molecule has 0 unspecified atom stereocenters. The van der Waals surface area contributed by atoms with Crippen LogP contribution in [0.4, 0.5) is 26.4 Å². The zero-order valence-electron chi connectivity index (χ0n) is 13.6. The van der Waals surface area contributed by atoms with E-state index in [2.05, 4.69) is 41.0 Å². The van der Waals surface area contributed by atoms with Gasteiger partial charge in [0.25, 0.3) is 0 Å². The predicted molar refractivity (Wildman–Crippen MR) is 92.0 cm³/mol. The van der Waals surface area contributed by atoms with Gasteiger partial charge in [-0.3, -0.25) is 10.2 Å². The zero-order chi connectivity index (χ0) is 18.1. The normalized spacial score (nSPS) is 11.0. The molecule has 0 spiro atoms. The van der Waals surface area contributed by atoms with E-state index in [1.54, 1.807) is 6.20 Å². The van der Waals surface area contributed by atoms with Crippen LogP contribution in [0.3, 0.4) is 0 Å². The van der Waals surface area contributed by atoms with Gasteiger partial charge in [-0.05, 0) is 24.6 Å². The van der Waals surface area contributed by atoms with E-state index in [1.165, 1.54) is 6.07 Å². The Morgan fingerprint density at radius 1 is 1.08 bits per heavy atom. The molecule has 4 aromatic rings. The molecule has 3 aromatic heterocycles. The zero-order valence-corrected chi connectivity index (χ0v) is 13.6. The van der Waals surface area contributed by atoms with E-state index < -0.39 is 11.6 Å². The van der Waals surface area contributed by atoms with Crippen LogP contribution in [0.25, 0.3) is 11.0 Å². The Hall–Kier alpha value is -3.56. The number of nitrogens with one attached hydrogen (secondary N) is 4. The number of fused-ring (bicyclic) bond motifs is 1. The van der Waals surface area contributed by atoms with Gasteiger partial charge >= 0.3 is 0 Å². The Labute approximate surface area is 146 Å². The summed E-state index contributed by atoms with van der Waals surface area (Å²) in [6.45, 7) is 2.12. The van der Waals surface area contributed by atoms with Crippen LogP contribution in [-0.4, -0.2) is 30.4 Å². The van der Waals surface area contributed by atoms with Gasteiger partial charge in [-0.15, -0.1) is 0 Å². The van der Waals surface area contributed by atoms with Crippen molar-refractivity contribution >= 4 is 28.6 Å². The fraction of sp³-hybridized carbons (Fsp3) is 0.125. The molecule has 0 fully saturated rings. The molecular weight excluding hydrogens is 342 g/mol. The highest BCUT2D eigenvalue weighted by Crippen LogP contribution is 2.23. The first-order chi connectivity index (χ1) is 12.6. The fourth-order valence-electron chi connectivity index (χ4n) is 2.44. The molecule has 1 aromatic carbocycles. The smallest absolute Gasteiger partial charge is 0.226 e. The van der Waals surface area contributed by atoms with Crippen LogP contribution < -0.4 is 10.6 Å². The minimum Gasteiger partial charge on any atom is -0.350 e. The van der Waals surface area contributed by atoms with Crippen molar-refractivity contribution in [2.45, 2.75) is 13.5 Å². The highest BCUT2D eigenvalue weighted by molar-refractivity contribution is 5.88. The summed E-state index contributed by atoms with van der Waals surface area (Å²) in [7, 11) is 0. The molecule has 0 bridgehead atoms. The van der Waals surface area contributed by atoms with Crippen LogP contribution in [0, 0.1) is 18.6 Å². The number of halogens is 2. The maximum absolute atomic E-state index is 13.3. The molecular formula is C16H14F2N8. The van der Waals surface area contributed by atoms with Gasteiger partial charge in [-0.1, -0.05) is 6.07 Å². The first kappa shape index (κ1) is 15.9. The summed E-state index contributed by atoms with van der Waals surface area (Å²) in [5.41, 5.74) is 2.00. The van der Waals surface area contributed by atoms with Gasteiger partial charge in [0.15, 0.2) is 23.1 Å². The number of hydrogen-bond acceptors (Lipinski definition) is 6. The second-order valence-electron chi connectivity index (χ2n) is 5.69. The van der Waals surface area contributed by atoms with Crippen LogP contribution in [-0.2, 0) is 6.54 Å². The van der Waals surface area contributed by atoms with Crippen molar-refractivity contribution in [2.75, 3.05) is 10.6 Å². The molecule has 26 heavy (non-hydrogen) atoms. The lowest BCUT2D eigenvalue weighted by molar-refractivity contribution is 0.507. The molecule has 0 aliphatic carbocycles. The van der Waals surface area contributed by atoms with E-state index in [0.29, 0.717) is 34.2 Å². The summed E-state index contributed by atoms with van der Waals surface area (Å²) >= 11 is 0. The lowest BCUT2D eigenvalue weighted by Crippen LogP contribution is -2.06. The van der Waals surface area contributed by atoms with Gasteiger partial charge in [-0.2, -0.15) is 20.2 Å². The summed E-state index contributed by atoms with van der Waals surface area (Å²) in [5.74, 6) is -0.352. The van der Waals surface area contributed by atoms with Crippen molar-refractivity contribution < 1.29 is 8.78 Å². The average Bonchev–Trinajstić information content (AvgIpc) is 3.25. The van der Waals surface area contributed by atoms with E-state index in [1.807, 2.05) is 13.0 Å². The molecule has 0 amide bonds. The predicted octanol–water partition coefficient (Wildman–Crippen LogP) is 3.02. The monoisotopic (exact) mass is 356 g/mol. The molecule has 3 heterocycles. The molecule has 0 saturated carbocycles. The van der Waals surface area contributed by atoms with Crippen LogP contribution in [0.2, 0.25) is 0 Å². The SMILES string of the molecule is Cc1cc(Nc2nc(NCc3ccc(F)c(F)c3)nc3[nH]ncc23)n[nH]1. The Morgan fingerprint density at radius 3 is 2.73 bits per heavy atom. The number of H-pyrrole nitrogens is 2. The van der Waals surface area contributed by atoms with E-state index in [-0.39, 0.29) is 6.54 Å². The van der Waals surface area contributed by atoms with E-state index in [0.717, 1.165) is 17.8 Å². The first-order valence-electron chi connectivity index (χ1n) is 7.76. The Bertz CT molecular complexity index is 1070. The van der Waals surface area contributed by atoms with Crippen molar-refractivity contribution in [1.82, 2.24) is 30.4 Å². The van der Waals surface area contributed by atoms with Gasteiger partial charge in [-0.25, -0.2) is 8.78 Å². The highest BCUT2D eigenvalue weighted by Gasteiger charge is 2.11. The Morgan fingerprint density at radius 2 is 1.96 bits per heavy atom. The Kier molecular flexibility index (Phi) is 3.92. The van der Waals surface area contributed by atoms with Crippen LogP contribution >= 0.6 is 0 Å². The molecule has 132 valence electrons. The lowest BCUT2D eigenvalue weighted by atomic mass is 10.2. The van der Waals surface area contributed by atoms with Crippen molar-refractivity contribution in [1.29, 1.82) is 0 Å². The third kappa shape index (κ3) is 3.16. The maximum atomic E-state index is 13.3. The van der Waals surface area contributed by atoms with Gasteiger partial charge in [0, 0.05) is 18.3 Å². The number of benzene rings is 1. The van der Waals surface area contributed by atoms with E-state index >= 15 is 0 Å². The van der Waals surface area contributed by atoms with Crippen molar-refractivity contribution in [3.63, 3.8) is 0 Å². The van der Waals surface area contributed by atoms with E-state index in [4.69, 9.17) is 0 Å². The molecule has 0 aliphatic heterocycles. The molecule has 10 heteroatoms. The molecule has 0 radical (unpaired) electrons. The van der Waals surface area contributed by atoms with E-state index in [9.17, 15) is 8.78 Å². The third-order valence-corrected chi connectivity index (χ3v) is 3.70. The molecule has 0 saturated heterocycles. The minimum atomic E-state index is -0.898. The summed E-state index contributed by atoms with van der Waals surface area (Å²) in [5, 5.41) is 20.5. The van der Waals surface area contributed by atoms with Gasteiger partial charge in [0.05, 0.1) is 11.6 Å². The lowest BCUT2D eigenvalue weighted by Gasteiger charge is -2.08. The summed E-state index contributed by atoms with van der Waals surface area (Å²) in [4.78, 5) is 8.74. The fourth-order valence-corrected chi connectivity index (χ4v) is 2.44. The first-order valence-corrected chi connectivity index (χ1v) is 7.76. The molecule has 8 nitrogen and oxygen atoms in total. The number of aryl methyl sites for hydroxylation is 1. The van der Waals surface area contributed by atoms with Crippen LogP contribution in [0.5, 0.6) is 0 Å². The van der Waals surface area contributed by atoms with Crippen molar-refractivity contribution in [3.05, 3.63) is 53.4 Å². The summed E-state index contributed by atoms with van der Waals surface area (Å²) < 4.78 is 26.3. The number of aromatic amines is 2. The molecule has 4 rings (SSSR count). The van der Waals surface area contributed by atoms with Gasteiger partial charge < -0.3 is 10.6 Å². The third-order valence-electron chi connectivity index (χ3n) is 3.70. The molecule has 0 atom stereocenters. The number of nitrogens with zero attached hydrogens (tertiary/aromatic N) is 4. The standard InChI is InChI=1S/C16H14F2N8/c1-8-4-13(25-24-8)21-14-10-7-20-26-15(10)23-16(22-14)19-6-9-2-3-11(17)12(18)5-9/h2-5,7H,6H2,1H3,(H4,19,20,21,22,23,24,25,26). The number of aromatic nitrogens is 6. The van der Waals surface area contributed by atoms with Crippen molar-refractivity contribution in [2.24, 2.45) is 0 Å². The average molecular weight is 356 g/mol. The Balaban J connectivity index is 1.59. The minimum absolute atomic E-state index is 0.234. The topological polar surface area (TPSA) is 107 Å². The van der Waals surface area contributed by atoms with Crippen molar-refractivity contribution in [3.8, 4) is 0 Å². The summed E-state index contributed by atoms with van der Waals surface area (Å²) in [6.07, 6.45) is 1.61. The number of hydrogen-bond donors (Lipinski definition) is 4. The highest BCUT2D eigenvalue weighted by atomic mass is 19.2. The number of anilines is 3. The molecule has 4 N–H and O–H groups in total. The maximum Gasteiger partial charge on any atom is 0.226 e. The van der Waals surface area contributed by atoms with Crippen LogP contribution in [0.15, 0.2) is 30.5 Å². The second-order valence-corrected chi connectivity index (χ2v) is 5.69. The quantitative estimate of drug-likeness (QED) is 0.438. The van der Waals surface area contributed by atoms with Gasteiger partial charge in [0.2, 0.25) is 5.95 Å². The summed E-state index contributed by atoms with van der Waals surface area (Å²) in [6, 6.07) is 5.54. The molecule has 0 aliphatic rings. The largest absolute Gasteiger partial charge is 0.350 e. The van der Waals surface area contributed by atoms with Crippen LogP contribution in [0.1, 0.15) is 11.3 Å². The van der Waals surface area contributed by atoms with Gasteiger partial charge in [0.1, 0.15) is 5.82 Å².